The fourth-order valence-corrected chi connectivity index (χ4v) is 11.0. The van der Waals surface area contributed by atoms with Crippen molar-refractivity contribution in [3.05, 3.63) is 180 Å². The van der Waals surface area contributed by atoms with Crippen LogP contribution in [0.25, 0.3) is 54.4 Å². The molecule has 8 aromatic carbocycles. The smallest absolute Gasteiger partial charge is 0.0742 e. The molecule has 0 saturated carbocycles. The molecule has 0 aliphatic carbocycles. The van der Waals surface area contributed by atoms with Crippen LogP contribution in [0.3, 0.4) is 0 Å². The van der Waals surface area contributed by atoms with E-state index >= 15 is 0 Å². The van der Waals surface area contributed by atoms with Crippen LogP contribution >= 0.6 is 0 Å². The lowest BCUT2D eigenvalue weighted by Crippen LogP contribution is -2.30. The number of benzene rings is 8. The highest BCUT2D eigenvalue weighted by atomic mass is 15.2. The number of rotatable bonds is 2. The lowest BCUT2D eigenvalue weighted by atomic mass is 9.73. The number of hydrogen-bond acceptors (Lipinski definition) is 2. The van der Waals surface area contributed by atoms with Crippen LogP contribution in [-0.4, -0.2) is 9.13 Å². The molecule has 10 aromatic rings. The summed E-state index contributed by atoms with van der Waals surface area (Å²) in [5, 5.41) is 7.73. The van der Waals surface area contributed by atoms with Crippen LogP contribution in [0.1, 0.15) is 49.9 Å². The monoisotopic (exact) mass is 748 g/mol. The first kappa shape index (κ1) is 33.4. The molecule has 2 aromatic heterocycles. The first-order valence-corrected chi connectivity index (χ1v) is 20.5. The molecule has 4 heteroatoms. The summed E-state index contributed by atoms with van der Waals surface area (Å²) in [6.07, 6.45) is 0. The van der Waals surface area contributed by atoms with Crippen molar-refractivity contribution < 1.29 is 0 Å². The van der Waals surface area contributed by atoms with Crippen LogP contribution in [0.2, 0.25) is 0 Å². The number of nitrogens with zero attached hydrogens (tertiary/aromatic N) is 4. The second kappa shape index (κ2) is 11.4. The maximum absolute atomic E-state index is 2.47. The Hall–Kier alpha value is -6.78. The lowest BCUT2D eigenvalue weighted by molar-refractivity contribution is 0.632. The Bertz CT molecular complexity index is 3070. The topological polar surface area (TPSA) is 16.3 Å². The Morgan fingerprint density at radius 3 is 1.00 bits per heavy atom. The van der Waals surface area contributed by atoms with Crippen molar-refractivity contribution in [3.63, 3.8) is 0 Å². The van der Waals surface area contributed by atoms with Gasteiger partial charge in [-0.2, -0.15) is 0 Å². The Balaban J connectivity index is 1.12. The molecule has 280 valence electrons. The number of anilines is 6. The third-order valence-electron chi connectivity index (χ3n) is 13.8. The molecular formula is C54H44N4. The summed E-state index contributed by atoms with van der Waals surface area (Å²) in [5.41, 5.74) is 17.4. The van der Waals surface area contributed by atoms with Gasteiger partial charge in [-0.15, -0.1) is 0 Å². The van der Waals surface area contributed by atoms with E-state index in [1.165, 1.54) is 111 Å². The summed E-state index contributed by atoms with van der Waals surface area (Å²) in [7, 11) is 4.52. The molecule has 0 fully saturated rings. The first-order chi connectivity index (χ1) is 28.2. The SMILES string of the molecule is Cn1c2cc(N3c4ccccc4C(C)(C)c4ccccc43)ccc2c2c3ccccc3c3c4ccc(N5c6ccccc6C(C)(C)c6ccccc65)cc4n(C)c3c21. The minimum atomic E-state index is -0.107. The Kier molecular flexibility index (Phi) is 6.57. The van der Waals surface area contributed by atoms with E-state index in [1.807, 2.05) is 0 Å². The minimum absolute atomic E-state index is 0.107. The minimum Gasteiger partial charge on any atom is -0.342 e. The molecule has 0 radical (unpaired) electrons. The summed E-state index contributed by atoms with van der Waals surface area (Å²) in [6, 6.07) is 58.9. The van der Waals surface area contributed by atoms with Crippen LogP contribution < -0.4 is 9.80 Å². The van der Waals surface area contributed by atoms with Gasteiger partial charge in [0.15, 0.2) is 0 Å². The molecule has 0 atom stereocenters. The molecule has 58 heavy (non-hydrogen) atoms. The fraction of sp³-hybridized carbons (Fsp3) is 0.148. The lowest BCUT2D eigenvalue weighted by Gasteiger charge is -2.42. The van der Waals surface area contributed by atoms with E-state index in [4.69, 9.17) is 0 Å². The number of aromatic nitrogens is 2. The number of para-hydroxylation sites is 4. The van der Waals surface area contributed by atoms with Gasteiger partial charge in [0.25, 0.3) is 0 Å². The van der Waals surface area contributed by atoms with E-state index in [1.54, 1.807) is 0 Å². The Labute approximate surface area is 338 Å². The van der Waals surface area contributed by atoms with Crippen molar-refractivity contribution in [2.75, 3.05) is 9.80 Å². The average molecular weight is 749 g/mol. The number of fused-ring (bicyclic) bond motifs is 14. The molecule has 4 heterocycles. The molecule has 0 N–H and O–H groups in total. The van der Waals surface area contributed by atoms with Crippen LogP contribution in [0.4, 0.5) is 34.1 Å². The third-order valence-corrected chi connectivity index (χ3v) is 13.8. The van der Waals surface area contributed by atoms with E-state index in [0.29, 0.717) is 0 Å². The van der Waals surface area contributed by atoms with Gasteiger partial charge < -0.3 is 18.9 Å². The van der Waals surface area contributed by atoms with Gasteiger partial charge in [0, 0.05) is 57.8 Å². The van der Waals surface area contributed by atoms with Crippen molar-refractivity contribution in [3.8, 4) is 0 Å². The number of hydrogen-bond donors (Lipinski definition) is 0. The van der Waals surface area contributed by atoms with E-state index in [0.717, 1.165) is 0 Å². The highest BCUT2D eigenvalue weighted by Gasteiger charge is 2.38. The molecule has 0 bridgehead atoms. The maximum atomic E-state index is 2.47. The van der Waals surface area contributed by atoms with E-state index in [-0.39, 0.29) is 10.8 Å². The number of aryl methyl sites for hydroxylation is 2. The Morgan fingerprint density at radius 2 is 0.655 bits per heavy atom. The molecule has 0 spiro atoms. The second-order valence-corrected chi connectivity index (χ2v) is 17.5. The summed E-state index contributed by atoms with van der Waals surface area (Å²) < 4.78 is 4.90. The summed E-state index contributed by atoms with van der Waals surface area (Å²) in [6.45, 7) is 9.40. The predicted octanol–water partition coefficient (Wildman–Crippen LogP) is 14.3. The van der Waals surface area contributed by atoms with Gasteiger partial charge in [-0.25, -0.2) is 0 Å². The zero-order valence-corrected chi connectivity index (χ0v) is 33.8. The molecule has 4 nitrogen and oxygen atoms in total. The molecule has 0 unspecified atom stereocenters. The quantitative estimate of drug-likeness (QED) is 0.175. The third kappa shape index (κ3) is 4.14. The van der Waals surface area contributed by atoms with E-state index < -0.39 is 0 Å². The molecule has 0 amide bonds. The van der Waals surface area contributed by atoms with Crippen molar-refractivity contribution in [2.24, 2.45) is 14.1 Å². The maximum Gasteiger partial charge on any atom is 0.0742 e. The van der Waals surface area contributed by atoms with Crippen LogP contribution in [0.15, 0.2) is 158 Å². The van der Waals surface area contributed by atoms with Gasteiger partial charge in [0.05, 0.1) is 44.8 Å². The van der Waals surface area contributed by atoms with Gasteiger partial charge in [0.1, 0.15) is 0 Å². The highest BCUT2D eigenvalue weighted by molar-refractivity contribution is 6.36. The van der Waals surface area contributed by atoms with Crippen molar-refractivity contribution in [1.82, 2.24) is 9.13 Å². The van der Waals surface area contributed by atoms with Gasteiger partial charge >= 0.3 is 0 Å². The first-order valence-electron chi connectivity index (χ1n) is 20.5. The molecule has 2 aliphatic heterocycles. The van der Waals surface area contributed by atoms with Crippen LogP contribution in [0.5, 0.6) is 0 Å². The molecule has 0 saturated heterocycles. The normalized spacial score (nSPS) is 15.3. The fourth-order valence-electron chi connectivity index (χ4n) is 11.0. The van der Waals surface area contributed by atoms with Crippen LogP contribution in [-0.2, 0) is 24.9 Å². The van der Waals surface area contributed by atoms with E-state index in [9.17, 15) is 0 Å². The second-order valence-electron chi connectivity index (χ2n) is 17.5. The van der Waals surface area contributed by atoms with Crippen molar-refractivity contribution >= 4 is 88.5 Å². The molecule has 12 rings (SSSR count). The van der Waals surface area contributed by atoms with Gasteiger partial charge in [-0.3, -0.25) is 0 Å². The summed E-state index contributed by atoms with van der Waals surface area (Å²) in [4.78, 5) is 4.94. The van der Waals surface area contributed by atoms with Crippen LogP contribution in [0, 0.1) is 0 Å². The zero-order valence-electron chi connectivity index (χ0n) is 33.8. The molecule has 2 aliphatic rings. The van der Waals surface area contributed by atoms with Crippen molar-refractivity contribution in [1.29, 1.82) is 0 Å². The van der Waals surface area contributed by atoms with E-state index in [2.05, 4.69) is 218 Å². The highest BCUT2D eigenvalue weighted by Crippen LogP contribution is 2.54. The zero-order chi connectivity index (χ0) is 39.2. The predicted molar refractivity (Wildman–Crippen MR) is 246 cm³/mol. The van der Waals surface area contributed by atoms with Crippen molar-refractivity contribution in [2.45, 2.75) is 38.5 Å². The largest absolute Gasteiger partial charge is 0.342 e. The summed E-state index contributed by atoms with van der Waals surface area (Å²) >= 11 is 0. The summed E-state index contributed by atoms with van der Waals surface area (Å²) in [5.74, 6) is 0. The van der Waals surface area contributed by atoms with Gasteiger partial charge in [0.2, 0.25) is 0 Å². The Morgan fingerprint density at radius 1 is 0.345 bits per heavy atom. The average Bonchev–Trinajstić information content (AvgIpc) is 3.71. The van der Waals surface area contributed by atoms with Gasteiger partial charge in [-0.05, 0) is 81.6 Å². The van der Waals surface area contributed by atoms with Gasteiger partial charge in [-0.1, -0.05) is 137 Å². The molecular weight excluding hydrogens is 705 g/mol. The standard InChI is InChI=1S/C54H44N4/c1-53(2)39-19-9-13-23-43(39)57(44-24-14-10-20-40(44)53)33-27-29-37-47(31-33)55(5)51-49(37)35-17-7-8-18-36(35)50-38-30-28-34(32-48(38)56(6)52(50)51)58-45-25-15-11-21-41(45)54(3,4)42-22-12-16-26-46(42)58/h7-32H,1-6H3.